The maximum absolute atomic E-state index is 12.6. The molecule has 0 aliphatic rings. The monoisotopic (exact) mass is 267 g/mol. The molecule has 19 heavy (non-hydrogen) atoms. The predicted molar refractivity (Wildman–Crippen MR) is 60.8 cm³/mol. The van der Waals surface area contributed by atoms with Gasteiger partial charge in [-0.1, -0.05) is 0 Å². The van der Waals surface area contributed by atoms with Crippen LogP contribution in [0.4, 0.5) is 13.2 Å². The number of aromatic amines is 1. The molecule has 1 heterocycles. The third kappa shape index (κ3) is 2.25. The third-order valence-corrected chi connectivity index (χ3v) is 2.66. The van der Waals surface area contributed by atoms with Crippen molar-refractivity contribution < 1.29 is 13.2 Å². The van der Waals surface area contributed by atoms with Gasteiger partial charge in [-0.25, -0.2) is 4.68 Å². The van der Waals surface area contributed by atoms with Crippen molar-refractivity contribution in [2.75, 3.05) is 0 Å². The second-order valence-corrected chi connectivity index (χ2v) is 3.91. The van der Waals surface area contributed by atoms with Gasteiger partial charge in [-0.2, -0.15) is 18.4 Å². The molecule has 0 saturated carbocycles. The largest absolute Gasteiger partial charge is 0.433 e. The zero-order valence-electron chi connectivity index (χ0n) is 9.75. The van der Waals surface area contributed by atoms with E-state index in [1.165, 1.54) is 24.3 Å². The molecule has 4 nitrogen and oxygen atoms in total. The fraction of sp³-hybridized carbons (Fsp3) is 0.167. The molecule has 2 rings (SSSR count). The number of alkyl halides is 3. The summed E-state index contributed by atoms with van der Waals surface area (Å²) >= 11 is 0. The van der Waals surface area contributed by atoms with Gasteiger partial charge in [0, 0.05) is 5.56 Å². The van der Waals surface area contributed by atoms with Crippen LogP contribution in [0.15, 0.2) is 29.1 Å². The van der Waals surface area contributed by atoms with Gasteiger partial charge in [-0.15, -0.1) is 0 Å². The first-order chi connectivity index (χ1) is 8.84. The molecule has 0 aliphatic carbocycles. The van der Waals surface area contributed by atoms with E-state index >= 15 is 0 Å². The van der Waals surface area contributed by atoms with Gasteiger partial charge in [0.05, 0.1) is 17.3 Å². The maximum atomic E-state index is 12.6. The molecule has 0 bridgehead atoms. The number of nitriles is 1. The Labute approximate surface area is 105 Å². The summed E-state index contributed by atoms with van der Waals surface area (Å²) in [7, 11) is 0. The first-order valence-corrected chi connectivity index (χ1v) is 5.24. The zero-order chi connectivity index (χ0) is 14.2. The number of hydrogen-bond acceptors (Lipinski definition) is 2. The number of hydrogen-bond donors (Lipinski definition) is 1. The Morgan fingerprint density at radius 3 is 2.26 bits per heavy atom. The molecule has 7 heteroatoms. The highest BCUT2D eigenvalue weighted by atomic mass is 19.4. The Morgan fingerprint density at radius 1 is 1.26 bits per heavy atom. The Hall–Kier alpha value is -2.49. The summed E-state index contributed by atoms with van der Waals surface area (Å²) in [5, 5.41) is 10.7. The van der Waals surface area contributed by atoms with Gasteiger partial charge in [0.25, 0.3) is 5.56 Å². The maximum Gasteiger partial charge on any atom is 0.433 e. The summed E-state index contributed by atoms with van der Waals surface area (Å²) in [6.45, 7) is 1.11. The quantitative estimate of drug-likeness (QED) is 0.862. The lowest BCUT2D eigenvalue weighted by Crippen LogP contribution is -2.15. The molecule has 0 spiro atoms. The number of benzene rings is 1. The highest BCUT2D eigenvalue weighted by molar-refractivity contribution is 5.39. The van der Waals surface area contributed by atoms with Crippen LogP contribution < -0.4 is 5.56 Å². The molecule has 2 aromatic rings. The van der Waals surface area contributed by atoms with Gasteiger partial charge in [0.15, 0.2) is 0 Å². The first kappa shape index (κ1) is 13.0. The second kappa shape index (κ2) is 4.31. The van der Waals surface area contributed by atoms with Gasteiger partial charge in [-0.05, 0) is 31.2 Å². The van der Waals surface area contributed by atoms with Gasteiger partial charge >= 0.3 is 6.18 Å². The minimum atomic E-state index is -4.61. The Kier molecular flexibility index (Phi) is 2.94. The average Bonchev–Trinajstić information content (AvgIpc) is 2.66. The van der Waals surface area contributed by atoms with Crippen LogP contribution >= 0.6 is 0 Å². The number of nitrogens with zero attached hydrogens (tertiary/aromatic N) is 2. The molecule has 1 aromatic heterocycles. The summed E-state index contributed by atoms with van der Waals surface area (Å²) < 4.78 is 38.8. The Morgan fingerprint density at radius 2 is 1.84 bits per heavy atom. The van der Waals surface area contributed by atoms with Crippen molar-refractivity contribution in [3.05, 3.63) is 51.4 Å². The fourth-order valence-corrected chi connectivity index (χ4v) is 1.66. The SMILES string of the molecule is Cc1c(C(F)(F)F)[nH]n(-c2ccc(C#N)cc2)c1=O. The summed E-state index contributed by atoms with van der Waals surface area (Å²) in [6.07, 6.45) is -4.61. The van der Waals surface area contributed by atoms with Crippen molar-refractivity contribution in [1.29, 1.82) is 5.26 Å². The molecule has 0 saturated heterocycles. The Balaban J connectivity index is 2.58. The second-order valence-electron chi connectivity index (χ2n) is 3.91. The van der Waals surface area contributed by atoms with E-state index in [-0.39, 0.29) is 5.69 Å². The van der Waals surface area contributed by atoms with Crippen molar-refractivity contribution in [2.24, 2.45) is 0 Å². The standard InChI is InChI=1S/C12H8F3N3O/c1-7-10(12(13,14)15)17-18(11(7)19)9-4-2-8(6-16)3-5-9/h2-5,17H,1H3. The minimum Gasteiger partial charge on any atom is -0.286 e. The van der Waals surface area contributed by atoms with Crippen LogP contribution in [0.2, 0.25) is 0 Å². The lowest BCUT2D eigenvalue weighted by molar-refractivity contribution is -0.141. The van der Waals surface area contributed by atoms with Crippen LogP contribution in [0.25, 0.3) is 5.69 Å². The van der Waals surface area contributed by atoms with Gasteiger partial charge in [0.1, 0.15) is 5.69 Å². The average molecular weight is 267 g/mol. The predicted octanol–water partition coefficient (Wildman–Crippen LogP) is 2.36. The van der Waals surface area contributed by atoms with Crippen LogP contribution in [-0.2, 0) is 6.18 Å². The van der Waals surface area contributed by atoms with E-state index in [0.29, 0.717) is 5.56 Å². The highest BCUT2D eigenvalue weighted by Gasteiger charge is 2.36. The smallest absolute Gasteiger partial charge is 0.286 e. The van der Waals surface area contributed by atoms with Crippen molar-refractivity contribution in [1.82, 2.24) is 9.78 Å². The first-order valence-electron chi connectivity index (χ1n) is 5.24. The van der Waals surface area contributed by atoms with E-state index in [1.54, 1.807) is 0 Å². The van der Waals surface area contributed by atoms with Gasteiger partial charge < -0.3 is 0 Å². The van der Waals surface area contributed by atoms with E-state index in [4.69, 9.17) is 5.26 Å². The van der Waals surface area contributed by atoms with E-state index in [2.05, 4.69) is 0 Å². The van der Waals surface area contributed by atoms with Gasteiger partial charge in [0.2, 0.25) is 0 Å². The lowest BCUT2D eigenvalue weighted by Gasteiger charge is -2.04. The summed E-state index contributed by atoms with van der Waals surface area (Å²) in [6, 6.07) is 7.52. The number of H-pyrrole nitrogens is 1. The molecular formula is C12H8F3N3O. The van der Waals surface area contributed by atoms with E-state index in [0.717, 1.165) is 11.6 Å². The Bertz CT molecular complexity index is 702. The molecular weight excluding hydrogens is 259 g/mol. The molecule has 0 aliphatic heterocycles. The molecule has 0 fully saturated rings. The molecule has 0 radical (unpaired) electrons. The minimum absolute atomic E-state index is 0.239. The van der Waals surface area contributed by atoms with Crippen LogP contribution in [0, 0.1) is 18.3 Å². The topological polar surface area (TPSA) is 61.6 Å². The number of rotatable bonds is 1. The van der Waals surface area contributed by atoms with Crippen LogP contribution in [-0.4, -0.2) is 9.78 Å². The van der Waals surface area contributed by atoms with E-state index in [9.17, 15) is 18.0 Å². The van der Waals surface area contributed by atoms with Crippen LogP contribution in [0.3, 0.4) is 0 Å². The van der Waals surface area contributed by atoms with Crippen molar-refractivity contribution in [2.45, 2.75) is 13.1 Å². The summed E-state index contributed by atoms with van der Waals surface area (Å²) in [5.41, 5.74) is -1.63. The van der Waals surface area contributed by atoms with Crippen molar-refractivity contribution in [3.63, 3.8) is 0 Å². The zero-order valence-corrected chi connectivity index (χ0v) is 9.75. The van der Waals surface area contributed by atoms with Gasteiger partial charge in [-0.3, -0.25) is 9.89 Å². The highest BCUT2D eigenvalue weighted by Crippen LogP contribution is 2.29. The van der Waals surface area contributed by atoms with Crippen LogP contribution in [0.1, 0.15) is 16.8 Å². The van der Waals surface area contributed by atoms with Crippen molar-refractivity contribution in [3.8, 4) is 11.8 Å². The van der Waals surface area contributed by atoms with Crippen LogP contribution in [0.5, 0.6) is 0 Å². The summed E-state index contributed by atoms with van der Waals surface area (Å²) in [5.74, 6) is 0. The normalized spacial score (nSPS) is 11.3. The molecule has 98 valence electrons. The molecule has 0 unspecified atom stereocenters. The van der Waals surface area contributed by atoms with E-state index in [1.807, 2.05) is 11.2 Å². The molecule has 0 atom stereocenters. The van der Waals surface area contributed by atoms with E-state index < -0.39 is 23.0 Å². The molecule has 0 amide bonds. The molecule has 1 aromatic carbocycles. The summed E-state index contributed by atoms with van der Waals surface area (Å²) in [4.78, 5) is 11.8. The number of aromatic nitrogens is 2. The lowest BCUT2D eigenvalue weighted by atomic mass is 10.2. The van der Waals surface area contributed by atoms with Crippen molar-refractivity contribution >= 4 is 0 Å². The fourth-order valence-electron chi connectivity index (χ4n) is 1.66. The number of nitrogens with one attached hydrogen (secondary N) is 1. The molecule has 1 N–H and O–H groups in total. The third-order valence-electron chi connectivity index (χ3n) is 2.66. The number of halogens is 3.